The van der Waals surface area contributed by atoms with Crippen LogP contribution in [-0.2, 0) is 19.4 Å². The first-order valence-electron chi connectivity index (χ1n) is 7.51. The van der Waals surface area contributed by atoms with Gasteiger partial charge in [0.1, 0.15) is 0 Å². The zero-order valence-electron chi connectivity index (χ0n) is 12.2. The van der Waals surface area contributed by atoms with Crippen molar-refractivity contribution in [2.45, 2.75) is 52.5 Å². The van der Waals surface area contributed by atoms with E-state index in [1.165, 1.54) is 35.0 Å². The van der Waals surface area contributed by atoms with Gasteiger partial charge in [-0.2, -0.15) is 0 Å². The summed E-state index contributed by atoms with van der Waals surface area (Å²) in [5.74, 6) is -0.831. The standard InChI is InChI=1S/C17H21NO2/c1-3-8-18-15-7-5-4-6-13(15)14-10-12(17(19)20)9-11(2)16(14)18/h9-10H,3-8H2,1-2H3,(H,19,20). The Balaban J connectivity index is 2.34. The average molecular weight is 271 g/mol. The molecule has 3 nitrogen and oxygen atoms in total. The third kappa shape index (κ3) is 1.92. The van der Waals surface area contributed by atoms with Crippen LogP contribution in [0.5, 0.6) is 0 Å². The minimum atomic E-state index is -0.831. The van der Waals surface area contributed by atoms with Gasteiger partial charge in [-0.05, 0) is 62.3 Å². The quantitative estimate of drug-likeness (QED) is 0.918. The smallest absolute Gasteiger partial charge is 0.335 e. The Hall–Kier alpha value is -1.77. The van der Waals surface area contributed by atoms with Crippen molar-refractivity contribution < 1.29 is 9.90 Å². The molecule has 0 saturated carbocycles. The number of carbonyl (C=O) groups is 1. The van der Waals surface area contributed by atoms with Crippen LogP contribution in [0.25, 0.3) is 10.9 Å². The van der Waals surface area contributed by atoms with Gasteiger partial charge in [-0.25, -0.2) is 4.79 Å². The SMILES string of the molecule is CCCn1c2c(c3cc(C(=O)O)cc(C)c31)CCCC2. The Labute approximate surface area is 119 Å². The number of aryl methyl sites for hydroxylation is 3. The molecule has 0 radical (unpaired) electrons. The van der Waals surface area contributed by atoms with E-state index in [9.17, 15) is 9.90 Å². The molecule has 3 rings (SSSR count). The zero-order chi connectivity index (χ0) is 14.3. The summed E-state index contributed by atoms with van der Waals surface area (Å²) in [6.45, 7) is 5.26. The minimum absolute atomic E-state index is 0.414. The fourth-order valence-corrected chi connectivity index (χ4v) is 3.57. The van der Waals surface area contributed by atoms with Crippen LogP contribution in [0.1, 0.15) is 53.4 Å². The molecule has 0 aliphatic heterocycles. The van der Waals surface area contributed by atoms with Crippen LogP contribution in [0.15, 0.2) is 12.1 Å². The van der Waals surface area contributed by atoms with Crippen LogP contribution >= 0.6 is 0 Å². The van der Waals surface area contributed by atoms with Gasteiger partial charge in [0.15, 0.2) is 0 Å². The van der Waals surface area contributed by atoms with E-state index in [1.54, 1.807) is 0 Å². The van der Waals surface area contributed by atoms with Crippen LogP contribution in [0.2, 0.25) is 0 Å². The highest BCUT2D eigenvalue weighted by Crippen LogP contribution is 2.34. The third-order valence-corrected chi connectivity index (χ3v) is 4.35. The molecule has 3 heteroatoms. The van der Waals surface area contributed by atoms with Crippen molar-refractivity contribution in [3.8, 4) is 0 Å². The molecule has 0 bridgehead atoms. The Morgan fingerprint density at radius 3 is 2.75 bits per heavy atom. The van der Waals surface area contributed by atoms with Crippen LogP contribution < -0.4 is 0 Å². The number of carboxylic acid groups (broad SMARTS) is 1. The Bertz CT molecular complexity index is 682. The van der Waals surface area contributed by atoms with Crippen molar-refractivity contribution in [1.29, 1.82) is 0 Å². The van der Waals surface area contributed by atoms with E-state index >= 15 is 0 Å². The summed E-state index contributed by atoms with van der Waals surface area (Å²) in [4.78, 5) is 11.3. The molecule has 0 unspecified atom stereocenters. The number of carboxylic acids is 1. The average Bonchev–Trinajstić information content (AvgIpc) is 2.75. The Morgan fingerprint density at radius 2 is 2.05 bits per heavy atom. The van der Waals surface area contributed by atoms with Gasteiger partial charge < -0.3 is 9.67 Å². The number of hydrogen-bond donors (Lipinski definition) is 1. The number of hydrogen-bond acceptors (Lipinski definition) is 1. The summed E-state index contributed by atoms with van der Waals surface area (Å²) in [5, 5.41) is 10.4. The molecule has 1 aromatic heterocycles. The Kier molecular flexibility index (Phi) is 3.28. The van der Waals surface area contributed by atoms with E-state index in [2.05, 4.69) is 11.5 Å². The van der Waals surface area contributed by atoms with Crippen molar-refractivity contribution in [1.82, 2.24) is 4.57 Å². The second-order valence-corrected chi connectivity index (χ2v) is 5.78. The van der Waals surface area contributed by atoms with E-state index in [-0.39, 0.29) is 0 Å². The monoisotopic (exact) mass is 271 g/mol. The highest BCUT2D eigenvalue weighted by Gasteiger charge is 2.22. The predicted octanol–water partition coefficient (Wildman–Crippen LogP) is 3.94. The topological polar surface area (TPSA) is 42.2 Å². The largest absolute Gasteiger partial charge is 0.478 e. The lowest BCUT2D eigenvalue weighted by Gasteiger charge is -2.15. The summed E-state index contributed by atoms with van der Waals surface area (Å²) in [6, 6.07) is 3.68. The summed E-state index contributed by atoms with van der Waals surface area (Å²) in [5.41, 5.74) is 5.59. The molecule has 1 aliphatic carbocycles. The maximum Gasteiger partial charge on any atom is 0.335 e. The highest BCUT2D eigenvalue weighted by atomic mass is 16.4. The van der Waals surface area contributed by atoms with E-state index < -0.39 is 5.97 Å². The first-order valence-corrected chi connectivity index (χ1v) is 7.51. The summed E-state index contributed by atoms with van der Waals surface area (Å²) < 4.78 is 2.44. The summed E-state index contributed by atoms with van der Waals surface area (Å²) in [6.07, 6.45) is 5.79. The molecule has 0 saturated heterocycles. The van der Waals surface area contributed by atoms with Gasteiger partial charge in [0.05, 0.1) is 11.1 Å². The Morgan fingerprint density at radius 1 is 1.30 bits per heavy atom. The molecule has 20 heavy (non-hydrogen) atoms. The lowest BCUT2D eigenvalue weighted by Crippen LogP contribution is -2.08. The maximum atomic E-state index is 11.3. The first kappa shape index (κ1) is 13.2. The van der Waals surface area contributed by atoms with Crippen molar-refractivity contribution in [3.63, 3.8) is 0 Å². The van der Waals surface area contributed by atoms with Crippen molar-refractivity contribution in [2.75, 3.05) is 0 Å². The number of fused-ring (bicyclic) bond motifs is 3. The molecule has 0 fully saturated rings. The van der Waals surface area contributed by atoms with E-state index in [0.717, 1.165) is 31.4 Å². The molecular weight excluding hydrogens is 250 g/mol. The number of rotatable bonds is 3. The zero-order valence-corrected chi connectivity index (χ0v) is 12.2. The van der Waals surface area contributed by atoms with E-state index in [0.29, 0.717) is 5.56 Å². The number of benzene rings is 1. The van der Waals surface area contributed by atoms with Gasteiger partial charge in [-0.3, -0.25) is 0 Å². The van der Waals surface area contributed by atoms with Gasteiger partial charge in [-0.1, -0.05) is 6.92 Å². The lowest BCUT2D eigenvalue weighted by molar-refractivity contribution is 0.0697. The first-order chi connectivity index (χ1) is 9.63. The van der Waals surface area contributed by atoms with Gasteiger partial charge in [-0.15, -0.1) is 0 Å². The number of aromatic nitrogens is 1. The van der Waals surface area contributed by atoms with Crippen molar-refractivity contribution >= 4 is 16.9 Å². The predicted molar refractivity (Wildman–Crippen MR) is 80.6 cm³/mol. The molecular formula is C17H21NO2. The van der Waals surface area contributed by atoms with Crippen LogP contribution in [0, 0.1) is 6.92 Å². The van der Waals surface area contributed by atoms with E-state index in [4.69, 9.17) is 0 Å². The maximum absolute atomic E-state index is 11.3. The second kappa shape index (κ2) is 4.97. The molecule has 0 atom stereocenters. The van der Waals surface area contributed by atoms with Gasteiger partial charge in [0, 0.05) is 17.6 Å². The highest BCUT2D eigenvalue weighted by molar-refractivity contribution is 5.97. The third-order valence-electron chi connectivity index (χ3n) is 4.35. The molecule has 1 aromatic carbocycles. The lowest BCUT2D eigenvalue weighted by atomic mass is 9.94. The van der Waals surface area contributed by atoms with Gasteiger partial charge in [0.2, 0.25) is 0 Å². The molecule has 1 aliphatic rings. The van der Waals surface area contributed by atoms with Crippen molar-refractivity contribution in [2.24, 2.45) is 0 Å². The normalized spacial score (nSPS) is 14.5. The molecule has 2 aromatic rings. The minimum Gasteiger partial charge on any atom is -0.478 e. The summed E-state index contributed by atoms with van der Waals surface area (Å²) >= 11 is 0. The van der Waals surface area contributed by atoms with Crippen LogP contribution in [0.4, 0.5) is 0 Å². The molecule has 1 N–H and O–H groups in total. The molecule has 106 valence electrons. The van der Waals surface area contributed by atoms with E-state index in [1.807, 2.05) is 19.1 Å². The summed E-state index contributed by atoms with van der Waals surface area (Å²) in [7, 11) is 0. The molecule has 0 spiro atoms. The number of aromatic carboxylic acids is 1. The van der Waals surface area contributed by atoms with Gasteiger partial charge in [0.25, 0.3) is 0 Å². The second-order valence-electron chi connectivity index (χ2n) is 5.78. The number of nitrogens with zero attached hydrogens (tertiary/aromatic N) is 1. The van der Waals surface area contributed by atoms with Gasteiger partial charge >= 0.3 is 5.97 Å². The molecule has 1 heterocycles. The van der Waals surface area contributed by atoms with Crippen LogP contribution in [0.3, 0.4) is 0 Å². The van der Waals surface area contributed by atoms with Crippen LogP contribution in [-0.4, -0.2) is 15.6 Å². The molecule has 0 amide bonds. The fraction of sp³-hybridized carbons (Fsp3) is 0.471. The fourth-order valence-electron chi connectivity index (χ4n) is 3.57. The van der Waals surface area contributed by atoms with Crippen molar-refractivity contribution in [3.05, 3.63) is 34.5 Å².